The lowest BCUT2D eigenvalue weighted by Crippen LogP contribution is -2.50. The summed E-state index contributed by atoms with van der Waals surface area (Å²) in [6.45, 7) is 11.9. The van der Waals surface area contributed by atoms with Crippen LogP contribution in [0, 0.1) is 0 Å². The van der Waals surface area contributed by atoms with Crippen molar-refractivity contribution in [2.24, 2.45) is 0 Å². The van der Waals surface area contributed by atoms with Gasteiger partial charge in [-0.05, 0) is 26.8 Å². The third-order valence-electron chi connectivity index (χ3n) is 6.24. The molecule has 8 nitrogen and oxygen atoms in total. The molecular weight excluding hydrogens is 348 g/mol. The molecule has 1 spiro atoms. The minimum absolute atomic E-state index is 0.221. The molecule has 3 rings (SSSR count). The summed E-state index contributed by atoms with van der Waals surface area (Å²) in [5.74, 6) is -0.247. The molecule has 8 heteroatoms. The fraction of sp³-hybridized carbons (Fsp3) is 0.895. The third-order valence-corrected chi connectivity index (χ3v) is 6.24. The number of nitrogens with zero attached hydrogens (tertiary/aromatic N) is 4. The number of aliphatic hydroxyl groups excluding tert-OH is 1. The number of carbonyl (C=O) groups is 2. The Bertz CT molecular complexity index is 526. The summed E-state index contributed by atoms with van der Waals surface area (Å²) in [5.41, 5.74) is -0.452. The van der Waals surface area contributed by atoms with Crippen LogP contribution in [0.3, 0.4) is 0 Å². The first-order valence-corrected chi connectivity index (χ1v) is 10.3. The molecule has 0 aliphatic carbocycles. The Balaban J connectivity index is 1.38. The van der Waals surface area contributed by atoms with E-state index in [1.165, 1.54) is 0 Å². The molecular formula is C19H34N4O4. The number of hydrogen-bond donors (Lipinski definition) is 1. The second-order valence-corrected chi connectivity index (χ2v) is 8.34. The van der Waals surface area contributed by atoms with Crippen molar-refractivity contribution in [3.63, 3.8) is 0 Å². The van der Waals surface area contributed by atoms with Gasteiger partial charge in [0.2, 0.25) is 5.91 Å². The van der Waals surface area contributed by atoms with E-state index in [9.17, 15) is 9.59 Å². The number of likely N-dealkylation sites (tertiary alicyclic amines) is 1. The van der Waals surface area contributed by atoms with Crippen molar-refractivity contribution in [2.45, 2.75) is 44.8 Å². The lowest BCUT2D eigenvalue weighted by molar-refractivity contribution is -0.137. The Morgan fingerprint density at radius 2 is 1.78 bits per heavy atom. The van der Waals surface area contributed by atoms with E-state index in [1.54, 1.807) is 4.90 Å². The van der Waals surface area contributed by atoms with Crippen LogP contribution in [-0.2, 0) is 9.53 Å². The lowest BCUT2D eigenvalue weighted by Gasteiger charge is -2.37. The highest BCUT2D eigenvalue weighted by molar-refractivity contribution is 5.77. The van der Waals surface area contributed by atoms with Crippen LogP contribution in [0.2, 0.25) is 0 Å². The molecule has 3 aliphatic heterocycles. The molecule has 154 valence electrons. The van der Waals surface area contributed by atoms with Gasteiger partial charge in [0.1, 0.15) is 12.2 Å². The Hall–Kier alpha value is -1.38. The summed E-state index contributed by atoms with van der Waals surface area (Å²) in [5, 5.41) is 8.98. The maximum Gasteiger partial charge on any atom is 0.410 e. The van der Waals surface area contributed by atoms with Gasteiger partial charge in [-0.25, -0.2) is 4.79 Å². The van der Waals surface area contributed by atoms with Crippen molar-refractivity contribution in [3.8, 4) is 0 Å². The summed E-state index contributed by atoms with van der Waals surface area (Å²) in [6.07, 6.45) is 2.04. The molecule has 0 atom stereocenters. The Labute approximate surface area is 162 Å². The first-order valence-electron chi connectivity index (χ1n) is 10.3. The number of rotatable bonds is 6. The van der Waals surface area contributed by atoms with Gasteiger partial charge in [-0.2, -0.15) is 0 Å². The summed E-state index contributed by atoms with van der Waals surface area (Å²) in [6, 6.07) is 0.613. The topological polar surface area (TPSA) is 76.6 Å². The van der Waals surface area contributed by atoms with Crippen LogP contribution in [0.15, 0.2) is 0 Å². The van der Waals surface area contributed by atoms with E-state index in [2.05, 4.69) is 23.6 Å². The number of piperazine rings is 1. The summed E-state index contributed by atoms with van der Waals surface area (Å²) in [7, 11) is 0. The van der Waals surface area contributed by atoms with Crippen LogP contribution in [0.1, 0.15) is 33.1 Å². The van der Waals surface area contributed by atoms with Crippen molar-refractivity contribution in [1.29, 1.82) is 0 Å². The van der Waals surface area contributed by atoms with Gasteiger partial charge in [0, 0.05) is 64.7 Å². The molecule has 3 fully saturated rings. The second kappa shape index (κ2) is 8.75. The van der Waals surface area contributed by atoms with Crippen LogP contribution >= 0.6 is 0 Å². The normalized spacial score (nSPS) is 24.1. The summed E-state index contributed by atoms with van der Waals surface area (Å²) >= 11 is 0. The minimum Gasteiger partial charge on any atom is -0.441 e. The monoisotopic (exact) mass is 382 g/mol. The predicted molar refractivity (Wildman–Crippen MR) is 101 cm³/mol. The van der Waals surface area contributed by atoms with Crippen LogP contribution < -0.4 is 0 Å². The fourth-order valence-electron chi connectivity index (χ4n) is 4.38. The van der Waals surface area contributed by atoms with Crippen molar-refractivity contribution in [2.75, 3.05) is 65.5 Å². The fourth-order valence-corrected chi connectivity index (χ4v) is 4.38. The highest BCUT2D eigenvalue weighted by Gasteiger charge is 2.47. The quantitative estimate of drug-likeness (QED) is 0.708. The van der Waals surface area contributed by atoms with Crippen molar-refractivity contribution in [3.05, 3.63) is 0 Å². The number of piperidine rings is 1. The third kappa shape index (κ3) is 4.92. The summed E-state index contributed by atoms with van der Waals surface area (Å²) in [4.78, 5) is 32.3. The molecule has 0 bridgehead atoms. The van der Waals surface area contributed by atoms with Gasteiger partial charge in [-0.3, -0.25) is 9.69 Å². The Kier molecular flexibility index (Phi) is 6.60. The molecule has 0 radical (unpaired) electrons. The molecule has 3 aliphatic rings. The molecule has 0 unspecified atom stereocenters. The van der Waals surface area contributed by atoms with Gasteiger partial charge in [0.05, 0.1) is 6.54 Å². The van der Waals surface area contributed by atoms with Gasteiger partial charge in [0.25, 0.3) is 0 Å². The van der Waals surface area contributed by atoms with E-state index < -0.39 is 12.2 Å². The van der Waals surface area contributed by atoms with E-state index >= 15 is 0 Å². The lowest BCUT2D eigenvalue weighted by atomic mass is 9.91. The zero-order valence-electron chi connectivity index (χ0n) is 16.7. The van der Waals surface area contributed by atoms with E-state index in [-0.39, 0.29) is 12.0 Å². The number of carbonyl (C=O) groups excluding carboxylic acids is 2. The number of aliphatic hydroxyl groups is 1. The smallest absolute Gasteiger partial charge is 0.410 e. The average molecular weight is 383 g/mol. The van der Waals surface area contributed by atoms with E-state index in [0.29, 0.717) is 38.5 Å². The van der Waals surface area contributed by atoms with Gasteiger partial charge in [-0.15, -0.1) is 0 Å². The molecule has 1 N–H and O–H groups in total. The number of hydrogen-bond acceptors (Lipinski definition) is 6. The Morgan fingerprint density at radius 3 is 2.37 bits per heavy atom. The molecule has 3 heterocycles. The largest absolute Gasteiger partial charge is 0.441 e. The van der Waals surface area contributed by atoms with Gasteiger partial charge >= 0.3 is 6.09 Å². The molecule has 0 aromatic carbocycles. The second-order valence-electron chi connectivity index (χ2n) is 8.34. The van der Waals surface area contributed by atoms with Gasteiger partial charge < -0.3 is 24.5 Å². The highest BCUT2D eigenvalue weighted by Crippen LogP contribution is 2.33. The SMILES string of the molecule is CC(C)N1CCN(CCCN2CC3(CCN(C(=O)CO)CC3)OC2=O)CC1. The van der Waals surface area contributed by atoms with Crippen LogP contribution in [0.4, 0.5) is 4.79 Å². The molecule has 2 amide bonds. The molecule has 0 aromatic heterocycles. The first kappa shape index (κ1) is 20.4. The van der Waals surface area contributed by atoms with E-state index in [4.69, 9.17) is 9.84 Å². The first-order chi connectivity index (χ1) is 12.9. The van der Waals surface area contributed by atoms with Crippen molar-refractivity contribution >= 4 is 12.0 Å². The zero-order chi connectivity index (χ0) is 19.4. The maximum atomic E-state index is 12.3. The molecule has 0 saturated carbocycles. The Morgan fingerprint density at radius 1 is 1.11 bits per heavy atom. The molecule has 27 heavy (non-hydrogen) atoms. The van der Waals surface area contributed by atoms with Crippen LogP contribution in [-0.4, -0.2) is 114 Å². The average Bonchev–Trinajstić information content (AvgIpc) is 2.97. The molecule has 0 aromatic rings. The standard InChI is InChI=1S/C19H34N4O4/c1-16(2)21-12-10-20(11-13-21)6-3-7-23-15-19(27-18(23)26)4-8-22(9-5-19)17(25)14-24/h16,24H,3-15H2,1-2H3. The summed E-state index contributed by atoms with van der Waals surface area (Å²) < 4.78 is 5.71. The van der Waals surface area contributed by atoms with Crippen LogP contribution in [0.5, 0.6) is 0 Å². The van der Waals surface area contributed by atoms with Crippen LogP contribution in [0.25, 0.3) is 0 Å². The van der Waals surface area contributed by atoms with Gasteiger partial charge in [0.15, 0.2) is 0 Å². The maximum absolute atomic E-state index is 12.3. The van der Waals surface area contributed by atoms with E-state index in [0.717, 1.165) is 45.7 Å². The number of ether oxygens (including phenoxy) is 1. The number of amides is 2. The zero-order valence-corrected chi connectivity index (χ0v) is 16.7. The van der Waals surface area contributed by atoms with E-state index in [1.807, 2.05) is 4.90 Å². The predicted octanol–water partition coefficient (Wildman–Crippen LogP) is 0.208. The molecule has 3 saturated heterocycles. The minimum atomic E-state index is -0.454. The van der Waals surface area contributed by atoms with Crippen molar-refractivity contribution < 1.29 is 19.4 Å². The van der Waals surface area contributed by atoms with Gasteiger partial charge in [-0.1, -0.05) is 0 Å². The van der Waals surface area contributed by atoms with Crippen molar-refractivity contribution in [1.82, 2.24) is 19.6 Å². The highest BCUT2D eigenvalue weighted by atomic mass is 16.6.